The second-order valence-electron chi connectivity index (χ2n) is 6.82. The van der Waals surface area contributed by atoms with Crippen molar-refractivity contribution in [2.24, 2.45) is 0 Å². The Hall–Kier alpha value is -2.90. The van der Waals surface area contributed by atoms with Crippen LogP contribution in [-0.4, -0.2) is 20.5 Å². The molecule has 6 nitrogen and oxygen atoms in total. The molecule has 1 unspecified atom stereocenters. The minimum absolute atomic E-state index is 0.125. The molecule has 1 atom stereocenters. The molecule has 0 aliphatic heterocycles. The number of benzene rings is 1. The van der Waals surface area contributed by atoms with E-state index in [1.165, 1.54) is 6.07 Å². The molecule has 0 aliphatic carbocycles. The molecular formula is C21H19ClN4O2S. The van der Waals surface area contributed by atoms with Gasteiger partial charge in [0.2, 0.25) is 5.91 Å². The number of aryl methyl sites for hydroxylation is 2. The molecule has 0 radical (unpaired) electrons. The summed E-state index contributed by atoms with van der Waals surface area (Å²) in [6, 6.07) is 12.6. The zero-order valence-corrected chi connectivity index (χ0v) is 17.5. The van der Waals surface area contributed by atoms with Gasteiger partial charge in [0.05, 0.1) is 12.5 Å². The number of H-pyrrole nitrogens is 1. The Labute approximate surface area is 176 Å². The minimum Gasteiger partial charge on any atom is -0.344 e. The van der Waals surface area contributed by atoms with Crippen molar-refractivity contribution in [3.8, 4) is 0 Å². The fourth-order valence-electron chi connectivity index (χ4n) is 3.41. The van der Waals surface area contributed by atoms with E-state index in [0.717, 1.165) is 27.4 Å². The predicted octanol–water partition coefficient (Wildman–Crippen LogP) is 3.80. The minimum atomic E-state index is -0.261. The number of carbonyl (C=O) groups excluding carboxylic acids is 1. The number of carbonyl (C=O) groups is 1. The summed E-state index contributed by atoms with van der Waals surface area (Å²) in [5, 5.41) is 8.48. The van der Waals surface area contributed by atoms with E-state index in [9.17, 15) is 9.59 Å². The number of nitrogens with zero attached hydrogens (tertiary/aromatic N) is 2. The van der Waals surface area contributed by atoms with Gasteiger partial charge in [0, 0.05) is 32.9 Å². The highest BCUT2D eigenvalue weighted by atomic mass is 35.5. The molecule has 0 bridgehead atoms. The van der Waals surface area contributed by atoms with Gasteiger partial charge in [-0.1, -0.05) is 29.8 Å². The van der Waals surface area contributed by atoms with Crippen LogP contribution in [-0.2, 0) is 11.2 Å². The lowest BCUT2D eigenvalue weighted by molar-refractivity contribution is -0.120. The van der Waals surface area contributed by atoms with Crippen LogP contribution in [0.1, 0.15) is 33.4 Å². The fourth-order valence-corrected chi connectivity index (χ4v) is 4.34. The first-order valence-electron chi connectivity index (χ1n) is 9.08. The first-order chi connectivity index (χ1) is 13.9. The Morgan fingerprint density at radius 1 is 1.28 bits per heavy atom. The van der Waals surface area contributed by atoms with E-state index in [1.54, 1.807) is 15.9 Å². The van der Waals surface area contributed by atoms with Crippen molar-refractivity contribution in [3.63, 3.8) is 0 Å². The molecule has 0 saturated carbocycles. The monoisotopic (exact) mass is 426 g/mol. The van der Waals surface area contributed by atoms with Gasteiger partial charge in [-0.05, 0) is 43.0 Å². The van der Waals surface area contributed by atoms with Crippen LogP contribution in [0.2, 0.25) is 5.02 Å². The number of aromatic nitrogens is 3. The number of aromatic amines is 1. The van der Waals surface area contributed by atoms with E-state index in [0.29, 0.717) is 10.7 Å². The van der Waals surface area contributed by atoms with Gasteiger partial charge in [-0.25, -0.2) is 9.50 Å². The van der Waals surface area contributed by atoms with Crippen molar-refractivity contribution in [2.75, 3.05) is 0 Å². The molecule has 0 aliphatic rings. The molecule has 2 N–H and O–H groups in total. The molecule has 4 aromatic rings. The Morgan fingerprint density at radius 3 is 2.72 bits per heavy atom. The third-order valence-electron chi connectivity index (χ3n) is 4.88. The van der Waals surface area contributed by atoms with E-state index in [1.807, 2.05) is 55.6 Å². The van der Waals surface area contributed by atoms with E-state index >= 15 is 0 Å². The normalized spacial score (nSPS) is 12.2. The van der Waals surface area contributed by atoms with Crippen LogP contribution in [0.3, 0.4) is 0 Å². The lowest BCUT2D eigenvalue weighted by atomic mass is 10.0. The summed E-state index contributed by atoms with van der Waals surface area (Å²) in [6.07, 6.45) is 0.163. The van der Waals surface area contributed by atoms with Crippen LogP contribution in [0.5, 0.6) is 0 Å². The molecule has 1 amide bonds. The van der Waals surface area contributed by atoms with Crippen LogP contribution in [0.25, 0.3) is 5.65 Å². The molecular weight excluding hydrogens is 408 g/mol. The van der Waals surface area contributed by atoms with Crippen molar-refractivity contribution >= 4 is 34.5 Å². The maximum atomic E-state index is 13.0. The van der Waals surface area contributed by atoms with Gasteiger partial charge < -0.3 is 5.32 Å². The molecule has 3 heterocycles. The molecule has 8 heteroatoms. The van der Waals surface area contributed by atoms with E-state index in [2.05, 4.69) is 15.4 Å². The van der Waals surface area contributed by atoms with Crippen LogP contribution >= 0.6 is 22.9 Å². The van der Waals surface area contributed by atoms with Crippen molar-refractivity contribution in [1.29, 1.82) is 0 Å². The highest BCUT2D eigenvalue weighted by Crippen LogP contribution is 2.27. The van der Waals surface area contributed by atoms with Crippen molar-refractivity contribution in [3.05, 3.63) is 90.6 Å². The van der Waals surface area contributed by atoms with Gasteiger partial charge in [-0.2, -0.15) is 0 Å². The molecule has 4 rings (SSSR count). The number of hydrogen-bond donors (Lipinski definition) is 2. The van der Waals surface area contributed by atoms with Gasteiger partial charge in [0.25, 0.3) is 5.56 Å². The molecule has 0 spiro atoms. The van der Waals surface area contributed by atoms with E-state index in [4.69, 9.17) is 11.6 Å². The molecule has 148 valence electrons. The number of halogens is 1. The van der Waals surface area contributed by atoms with Crippen molar-refractivity contribution in [2.45, 2.75) is 26.3 Å². The van der Waals surface area contributed by atoms with Crippen molar-refractivity contribution in [1.82, 2.24) is 19.9 Å². The quantitative estimate of drug-likeness (QED) is 0.509. The Kier molecular flexibility index (Phi) is 5.25. The molecule has 0 saturated heterocycles. The predicted molar refractivity (Wildman–Crippen MR) is 115 cm³/mol. The first-order valence-corrected chi connectivity index (χ1v) is 10.3. The van der Waals surface area contributed by atoms with E-state index < -0.39 is 0 Å². The summed E-state index contributed by atoms with van der Waals surface area (Å²) in [7, 11) is 0. The number of nitrogens with one attached hydrogen (secondary N) is 2. The highest BCUT2D eigenvalue weighted by Gasteiger charge is 2.20. The molecule has 1 aromatic carbocycles. The summed E-state index contributed by atoms with van der Waals surface area (Å²) in [5.41, 5.74) is 3.61. The molecule has 29 heavy (non-hydrogen) atoms. The maximum absolute atomic E-state index is 13.0. The van der Waals surface area contributed by atoms with Crippen LogP contribution in [0.15, 0.2) is 52.6 Å². The number of thiophene rings is 1. The molecule has 0 fully saturated rings. The number of amides is 1. The second-order valence-corrected chi connectivity index (χ2v) is 8.24. The number of hydrogen-bond acceptors (Lipinski definition) is 4. The van der Waals surface area contributed by atoms with Gasteiger partial charge >= 0.3 is 0 Å². The lowest BCUT2D eigenvalue weighted by Gasteiger charge is -2.19. The summed E-state index contributed by atoms with van der Waals surface area (Å²) in [6.45, 7) is 3.72. The van der Waals surface area contributed by atoms with Gasteiger partial charge in [-0.3, -0.25) is 14.7 Å². The van der Waals surface area contributed by atoms with Crippen molar-refractivity contribution < 1.29 is 4.79 Å². The fraction of sp³-hybridized carbons (Fsp3) is 0.190. The Morgan fingerprint density at radius 2 is 2.03 bits per heavy atom. The lowest BCUT2D eigenvalue weighted by Crippen LogP contribution is -2.30. The summed E-state index contributed by atoms with van der Waals surface area (Å²) in [4.78, 5) is 30.1. The first kappa shape index (κ1) is 19.4. The third-order valence-corrected chi connectivity index (χ3v) is 6.07. The Bertz CT molecular complexity index is 1230. The summed E-state index contributed by atoms with van der Waals surface area (Å²) in [5.74, 6) is -0.125. The summed E-state index contributed by atoms with van der Waals surface area (Å²) >= 11 is 7.60. The number of fused-ring (bicyclic) bond motifs is 1. The van der Waals surface area contributed by atoms with E-state index in [-0.39, 0.29) is 23.9 Å². The zero-order valence-electron chi connectivity index (χ0n) is 15.9. The van der Waals surface area contributed by atoms with Gasteiger partial charge in [0.15, 0.2) is 5.65 Å². The average Bonchev–Trinajstić information content (AvgIpc) is 3.33. The van der Waals surface area contributed by atoms with Crippen LogP contribution in [0.4, 0.5) is 0 Å². The summed E-state index contributed by atoms with van der Waals surface area (Å²) < 4.78 is 1.62. The average molecular weight is 427 g/mol. The third kappa shape index (κ3) is 3.97. The topological polar surface area (TPSA) is 79.3 Å². The van der Waals surface area contributed by atoms with Gasteiger partial charge in [0.1, 0.15) is 0 Å². The zero-order chi connectivity index (χ0) is 20.5. The largest absolute Gasteiger partial charge is 0.344 e. The number of rotatable bonds is 5. The maximum Gasteiger partial charge on any atom is 0.266 e. The Balaban J connectivity index is 1.63. The van der Waals surface area contributed by atoms with Gasteiger partial charge in [-0.15, -0.1) is 11.3 Å². The smallest absolute Gasteiger partial charge is 0.266 e. The SMILES string of the molecule is Cc1nc2cc(=O)[nH]n2c(C)c1CC(=O)NC(c1ccc(Cl)cc1)c1cccs1. The highest BCUT2D eigenvalue weighted by molar-refractivity contribution is 7.10. The van der Waals surface area contributed by atoms with Crippen LogP contribution < -0.4 is 10.9 Å². The van der Waals surface area contributed by atoms with Crippen LogP contribution in [0, 0.1) is 13.8 Å². The standard InChI is InChI=1S/C21H19ClN4O2S/c1-12-16(13(2)26-18(23-12)11-20(28)25-26)10-19(27)24-21(17-4-3-9-29-17)14-5-7-15(22)8-6-14/h3-9,11,21H,10H2,1-2H3,(H,24,27)(H,25,28). The second kappa shape index (κ2) is 7.85. The molecule has 3 aromatic heterocycles.